The van der Waals surface area contributed by atoms with Gasteiger partial charge in [-0.05, 0) is 41.5 Å². The maximum atomic E-state index is 13.4. The minimum Gasteiger partial charge on any atom is -0.481 e. The van der Waals surface area contributed by atoms with E-state index < -0.39 is 23.1 Å². The average molecular weight is 485 g/mol. The molecule has 2 aliphatic heterocycles. The Morgan fingerprint density at radius 1 is 1.06 bits per heavy atom. The van der Waals surface area contributed by atoms with Crippen LogP contribution in [0.3, 0.4) is 0 Å². The van der Waals surface area contributed by atoms with Gasteiger partial charge in [-0.25, -0.2) is 0 Å². The van der Waals surface area contributed by atoms with Crippen molar-refractivity contribution in [3.63, 3.8) is 0 Å². The number of para-hydroxylation sites is 1. The molecule has 2 heterocycles. The summed E-state index contributed by atoms with van der Waals surface area (Å²) in [6, 6.07) is 11.7. The number of anilines is 2. The molecule has 0 radical (unpaired) electrons. The highest BCUT2D eigenvalue weighted by molar-refractivity contribution is 5.72. The van der Waals surface area contributed by atoms with Crippen molar-refractivity contribution in [1.82, 2.24) is 0 Å². The summed E-state index contributed by atoms with van der Waals surface area (Å²) in [7, 11) is 2.03. The number of fused-ring (bicyclic) bond motifs is 2. The molecule has 1 unspecified atom stereocenters. The molecule has 0 bridgehead atoms. The molecule has 2 aliphatic rings. The largest absolute Gasteiger partial charge is 0.481 e. The van der Waals surface area contributed by atoms with E-state index in [0.717, 1.165) is 17.5 Å². The van der Waals surface area contributed by atoms with Crippen LogP contribution in [0.5, 0.6) is 0 Å². The molecule has 2 aromatic rings. The first-order valence-corrected chi connectivity index (χ1v) is 11.7. The van der Waals surface area contributed by atoms with E-state index in [9.17, 15) is 23.1 Å². The Hall–Kier alpha value is -3.22. The van der Waals surface area contributed by atoms with Crippen LogP contribution in [0.25, 0.3) is 0 Å². The summed E-state index contributed by atoms with van der Waals surface area (Å²) in [6.45, 7) is 8.37. The van der Waals surface area contributed by atoms with Gasteiger partial charge in [0, 0.05) is 41.5 Å². The molecule has 4 nitrogen and oxygen atoms in total. The molecule has 4 rings (SSSR count). The van der Waals surface area contributed by atoms with Crippen LogP contribution in [0, 0.1) is 0 Å². The van der Waals surface area contributed by atoms with Gasteiger partial charge in [0.1, 0.15) is 0 Å². The molecule has 0 spiro atoms. The van der Waals surface area contributed by atoms with Crippen molar-refractivity contribution >= 4 is 17.3 Å². The fourth-order valence-corrected chi connectivity index (χ4v) is 5.55. The number of carboxylic acids is 1. The number of carbonyl (C=O) groups is 1. The summed E-state index contributed by atoms with van der Waals surface area (Å²) in [5.41, 5.74) is 3.18. The predicted molar refractivity (Wildman–Crippen MR) is 133 cm³/mol. The quantitative estimate of drug-likeness (QED) is 0.525. The molecule has 1 N–H and O–H groups in total. The molecule has 0 saturated heterocycles. The van der Waals surface area contributed by atoms with Crippen LogP contribution >= 0.6 is 0 Å². The highest BCUT2D eigenvalue weighted by atomic mass is 19.4. The van der Waals surface area contributed by atoms with Crippen LogP contribution in [0.1, 0.15) is 50.8 Å². The number of aliphatic carboxylic acids is 1. The number of rotatable bonds is 5. The van der Waals surface area contributed by atoms with Gasteiger partial charge in [0.05, 0.1) is 18.0 Å². The molecular weight excluding hydrogens is 453 g/mol. The first-order valence-electron chi connectivity index (χ1n) is 11.7. The summed E-state index contributed by atoms with van der Waals surface area (Å²) >= 11 is 0. The molecule has 0 aromatic heterocycles. The Balaban J connectivity index is 1.71. The van der Waals surface area contributed by atoms with Gasteiger partial charge < -0.3 is 14.9 Å². The lowest BCUT2D eigenvalue weighted by Crippen LogP contribution is -2.41. The average Bonchev–Trinajstić information content (AvgIpc) is 3.11. The second-order valence-corrected chi connectivity index (χ2v) is 10.4. The van der Waals surface area contributed by atoms with Gasteiger partial charge in [-0.1, -0.05) is 58.0 Å². The van der Waals surface area contributed by atoms with E-state index in [4.69, 9.17) is 0 Å². The van der Waals surface area contributed by atoms with Gasteiger partial charge in [-0.2, -0.15) is 13.2 Å². The van der Waals surface area contributed by atoms with Crippen LogP contribution in [0.4, 0.5) is 24.5 Å². The third kappa shape index (κ3) is 4.21. The number of likely N-dealkylation sites (N-methyl/N-ethyl adjacent to an activating group) is 1. The molecule has 186 valence electrons. The number of allylic oxidation sites excluding steroid dienone is 3. The second kappa shape index (κ2) is 8.47. The van der Waals surface area contributed by atoms with E-state index in [1.54, 1.807) is 0 Å². The standard InChI is InChI=1S/C28H31F3N2O2/c1-26(2)19-9-6-7-10-21(19)32(5)23(26)11-8-12-24-27(3,4)20-17-18(28(29,30)31)13-14-22(20)33(24)16-15-25(34)35/h6-14,17,24H,15-16H2,1-5H3,(H,34,35)/b12-8+,23-11+. The van der Waals surface area contributed by atoms with Crippen molar-refractivity contribution in [3.8, 4) is 0 Å². The topological polar surface area (TPSA) is 43.8 Å². The van der Waals surface area contributed by atoms with Crippen molar-refractivity contribution < 1.29 is 23.1 Å². The summed E-state index contributed by atoms with van der Waals surface area (Å²) in [6.07, 6.45) is 1.44. The molecule has 0 saturated carbocycles. The number of nitrogens with zero attached hydrogens (tertiary/aromatic N) is 2. The van der Waals surface area contributed by atoms with Crippen LogP contribution in [-0.4, -0.2) is 30.7 Å². The molecule has 7 heteroatoms. The van der Waals surface area contributed by atoms with Crippen LogP contribution in [-0.2, 0) is 21.8 Å². The van der Waals surface area contributed by atoms with Gasteiger partial charge in [-0.15, -0.1) is 0 Å². The monoisotopic (exact) mass is 484 g/mol. The van der Waals surface area contributed by atoms with Gasteiger partial charge in [0.15, 0.2) is 0 Å². The maximum Gasteiger partial charge on any atom is 0.416 e. The molecule has 0 amide bonds. The maximum absolute atomic E-state index is 13.4. The second-order valence-electron chi connectivity index (χ2n) is 10.4. The van der Waals surface area contributed by atoms with Gasteiger partial charge in [0.25, 0.3) is 0 Å². The van der Waals surface area contributed by atoms with Gasteiger partial charge in [-0.3, -0.25) is 4.79 Å². The molecule has 2 aromatic carbocycles. The van der Waals surface area contributed by atoms with Crippen molar-refractivity contribution in [2.45, 2.75) is 57.2 Å². The minimum atomic E-state index is -4.44. The van der Waals surface area contributed by atoms with Gasteiger partial charge in [0.2, 0.25) is 0 Å². The Bertz CT molecular complexity index is 1210. The molecule has 35 heavy (non-hydrogen) atoms. The fraction of sp³-hybridized carbons (Fsp3) is 0.393. The normalized spacial score (nSPS) is 21.6. The molecule has 0 fully saturated rings. The summed E-state index contributed by atoms with van der Waals surface area (Å²) in [5, 5.41) is 9.27. The Kier molecular flexibility index (Phi) is 6.02. The zero-order valence-electron chi connectivity index (χ0n) is 20.6. The minimum absolute atomic E-state index is 0.104. The number of hydrogen-bond donors (Lipinski definition) is 1. The van der Waals surface area contributed by atoms with E-state index in [-0.39, 0.29) is 24.4 Å². The number of hydrogen-bond acceptors (Lipinski definition) is 3. The van der Waals surface area contributed by atoms with Crippen molar-refractivity contribution in [2.24, 2.45) is 0 Å². The van der Waals surface area contributed by atoms with Crippen LogP contribution < -0.4 is 9.80 Å². The number of halogens is 3. The van der Waals surface area contributed by atoms with Crippen molar-refractivity contribution in [1.29, 1.82) is 0 Å². The number of alkyl halides is 3. The highest BCUT2D eigenvalue weighted by Gasteiger charge is 2.45. The third-order valence-electron chi connectivity index (χ3n) is 7.46. The third-order valence-corrected chi connectivity index (χ3v) is 7.46. The van der Waals surface area contributed by atoms with Crippen molar-refractivity contribution in [3.05, 3.63) is 83.1 Å². The van der Waals surface area contributed by atoms with Crippen molar-refractivity contribution in [2.75, 3.05) is 23.4 Å². The zero-order chi connectivity index (χ0) is 25.8. The summed E-state index contributed by atoms with van der Waals surface area (Å²) in [4.78, 5) is 15.4. The first kappa shape index (κ1) is 24.9. The Labute approximate surface area is 204 Å². The smallest absolute Gasteiger partial charge is 0.416 e. The lowest BCUT2D eigenvalue weighted by molar-refractivity contribution is -0.138. The molecule has 1 atom stereocenters. The lowest BCUT2D eigenvalue weighted by Gasteiger charge is -2.32. The number of benzene rings is 2. The molecule has 0 aliphatic carbocycles. The van der Waals surface area contributed by atoms with Crippen LogP contribution in [0.15, 0.2) is 66.4 Å². The number of carboxylic acid groups (broad SMARTS) is 1. The first-order chi connectivity index (χ1) is 16.3. The van der Waals surface area contributed by atoms with E-state index in [2.05, 4.69) is 37.0 Å². The zero-order valence-corrected chi connectivity index (χ0v) is 20.6. The fourth-order valence-electron chi connectivity index (χ4n) is 5.55. The van der Waals surface area contributed by atoms with Crippen LogP contribution in [0.2, 0.25) is 0 Å². The molecular formula is C28H31F3N2O2. The Morgan fingerprint density at radius 2 is 1.74 bits per heavy atom. The predicted octanol–water partition coefficient (Wildman–Crippen LogP) is 6.51. The highest BCUT2D eigenvalue weighted by Crippen LogP contribution is 2.49. The lowest BCUT2D eigenvalue weighted by atomic mass is 9.79. The van der Waals surface area contributed by atoms with E-state index >= 15 is 0 Å². The van der Waals surface area contributed by atoms with E-state index in [0.29, 0.717) is 11.3 Å². The Morgan fingerprint density at radius 3 is 2.37 bits per heavy atom. The van der Waals surface area contributed by atoms with E-state index in [1.807, 2.05) is 50.1 Å². The summed E-state index contributed by atoms with van der Waals surface area (Å²) in [5.74, 6) is -0.944. The van der Waals surface area contributed by atoms with Gasteiger partial charge >= 0.3 is 12.1 Å². The SMILES string of the molecule is CN1/C(=C/C=C/C2N(CCC(=O)O)c3ccc(C(F)(F)F)cc3C2(C)C)C(C)(C)c2ccccc21. The van der Waals surface area contributed by atoms with E-state index in [1.165, 1.54) is 17.7 Å². The summed E-state index contributed by atoms with van der Waals surface area (Å²) < 4.78 is 40.3.